The van der Waals surface area contributed by atoms with Crippen molar-refractivity contribution in [2.24, 2.45) is 5.92 Å². The van der Waals surface area contributed by atoms with Gasteiger partial charge in [-0.05, 0) is 37.0 Å². The molecule has 1 aliphatic rings. The molecule has 0 saturated carbocycles. The Morgan fingerprint density at radius 2 is 1.88 bits per heavy atom. The maximum atomic E-state index is 12.3. The molecule has 0 radical (unpaired) electrons. The summed E-state index contributed by atoms with van der Waals surface area (Å²) in [6.07, 6.45) is 3.24. The number of likely N-dealkylation sites (tertiary alicyclic amines) is 1. The van der Waals surface area contributed by atoms with Crippen molar-refractivity contribution < 1.29 is 13.2 Å². The Morgan fingerprint density at radius 3 is 2.42 bits per heavy atom. The normalized spacial score (nSPS) is 16.2. The first-order valence-electron chi connectivity index (χ1n) is 7.89. The molecule has 0 spiro atoms. The molecule has 0 aromatic heterocycles. The number of hydrogen-bond acceptors (Lipinski definition) is 3. The minimum atomic E-state index is -3.52. The molecule has 5 nitrogen and oxygen atoms in total. The maximum absolute atomic E-state index is 12.3. The topological polar surface area (TPSA) is 57.7 Å². The van der Waals surface area contributed by atoms with E-state index in [9.17, 15) is 13.2 Å². The Morgan fingerprint density at radius 1 is 1.25 bits per heavy atom. The number of piperidine rings is 1. The molecule has 0 N–H and O–H groups in total. The van der Waals surface area contributed by atoms with Crippen molar-refractivity contribution in [1.29, 1.82) is 0 Å². The van der Waals surface area contributed by atoms with E-state index in [0.29, 0.717) is 16.6 Å². The predicted octanol–water partition coefficient (Wildman–Crippen LogP) is 3.41. The summed E-state index contributed by atoms with van der Waals surface area (Å²) in [6, 6.07) is 4.63. The first kappa shape index (κ1) is 19.3. The molecule has 2 rings (SSSR count). The molecule has 1 aromatic rings. The van der Waals surface area contributed by atoms with Gasteiger partial charge in [0, 0.05) is 26.1 Å². The molecule has 0 aliphatic carbocycles. The number of benzene rings is 1. The van der Waals surface area contributed by atoms with Crippen molar-refractivity contribution in [3.05, 3.63) is 28.2 Å². The number of carbonyl (C=O) groups is 1. The van der Waals surface area contributed by atoms with Gasteiger partial charge in [0.15, 0.2) is 0 Å². The van der Waals surface area contributed by atoms with Gasteiger partial charge in [0.05, 0.1) is 22.0 Å². The lowest BCUT2D eigenvalue weighted by Gasteiger charge is -2.31. The summed E-state index contributed by atoms with van der Waals surface area (Å²) >= 11 is 11.9. The van der Waals surface area contributed by atoms with E-state index in [0.717, 1.165) is 32.2 Å². The van der Waals surface area contributed by atoms with Crippen LogP contribution in [-0.4, -0.2) is 45.1 Å². The average molecular weight is 393 g/mol. The largest absolute Gasteiger partial charge is 0.343 e. The summed E-state index contributed by atoms with van der Waals surface area (Å²) in [6.45, 7) is 3.75. The fourth-order valence-corrected chi connectivity index (χ4v) is 3.95. The summed E-state index contributed by atoms with van der Waals surface area (Å²) in [7, 11) is -3.52. The number of anilines is 1. The zero-order valence-corrected chi connectivity index (χ0v) is 16.2. The van der Waals surface area contributed by atoms with Crippen molar-refractivity contribution in [2.75, 3.05) is 30.2 Å². The Bertz CT molecular complexity index is 701. The molecule has 1 heterocycles. The fourth-order valence-electron chi connectivity index (χ4n) is 2.74. The number of nitrogens with zero attached hydrogens (tertiary/aromatic N) is 2. The van der Waals surface area contributed by atoms with Crippen LogP contribution in [0.4, 0.5) is 5.69 Å². The van der Waals surface area contributed by atoms with Crippen LogP contribution in [0, 0.1) is 5.92 Å². The van der Waals surface area contributed by atoms with Gasteiger partial charge in [-0.15, -0.1) is 0 Å². The smallest absolute Gasteiger partial charge is 0.232 e. The molecule has 0 unspecified atom stereocenters. The molecule has 1 aromatic carbocycles. The molecule has 1 amide bonds. The van der Waals surface area contributed by atoms with E-state index >= 15 is 0 Å². The van der Waals surface area contributed by atoms with Crippen molar-refractivity contribution in [1.82, 2.24) is 4.90 Å². The first-order chi connectivity index (χ1) is 11.2. The highest BCUT2D eigenvalue weighted by molar-refractivity contribution is 7.92. The lowest BCUT2D eigenvalue weighted by molar-refractivity contribution is -0.132. The second kappa shape index (κ2) is 7.93. The van der Waals surface area contributed by atoms with Gasteiger partial charge in [-0.3, -0.25) is 9.10 Å². The van der Waals surface area contributed by atoms with Gasteiger partial charge in [0.1, 0.15) is 0 Å². The van der Waals surface area contributed by atoms with E-state index in [1.54, 1.807) is 12.1 Å². The number of sulfonamides is 1. The highest BCUT2D eigenvalue weighted by Gasteiger charge is 2.23. The molecule has 134 valence electrons. The minimum Gasteiger partial charge on any atom is -0.343 e. The second-order valence-corrected chi connectivity index (χ2v) is 8.97. The fraction of sp³-hybridized carbons (Fsp3) is 0.562. The second-order valence-electron chi connectivity index (χ2n) is 6.25. The van der Waals surface area contributed by atoms with Crippen LogP contribution in [0.5, 0.6) is 0 Å². The van der Waals surface area contributed by atoms with Crippen molar-refractivity contribution in [2.45, 2.75) is 26.2 Å². The van der Waals surface area contributed by atoms with Crippen LogP contribution in [0.15, 0.2) is 18.2 Å². The van der Waals surface area contributed by atoms with Crippen LogP contribution in [0.1, 0.15) is 26.2 Å². The van der Waals surface area contributed by atoms with E-state index < -0.39 is 10.0 Å². The lowest BCUT2D eigenvalue weighted by Crippen LogP contribution is -2.40. The molecule has 1 fully saturated rings. The van der Waals surface area contributed by atoms with Crippen LogP contribution in [0.2, 0.25) is 10.0 Å². The van der Waals surface area contributed by atoms with Gasteiger partial charge in [0.2, 0.25) is 15.9 Å². The summed E-state index contributed by atoms with van der Waals surface area (Å²) in [4.78, 5) is 14.2. The zero-order valence-electron chi connectivity index (χ0n) is 13.8. The van der Waals surface area contributed by atoms with Gasteiger partial charge in [-0.1, -0.05) is 30.1 Å². The molecular formula is C16H22Cl2N2O3S. The van der Waals surface area contributed by atoms with Crippen molar-refractivity contribution in [3.63, 3.8) is 0 Å². The summed E-state index contributed by atoms with van der Waals surface area (Å²) < 4.78 is 25.4. The zero-order chi connectivity index (χ0) is 17.9. The van der Waals surface area contributed by atoms with Crippen molar-refractivity contribution in [3.8, 4) is 0 Å². The highest BCUT2D eigenvalue weighted by Crippen LogP contribution is 2.28. The van der Waals surface area contributed by atoms with Crippen molar-refractivity contribution >= 4 is 44.8 Å². The summed E-state index contributed by atoms with van der Waals surface area (Å²) in [5.74, 6) is 0.619. The number of rotatable bonds is 5. The summed E-state index contributed by atoms with van der Waals surface area (Å²) in [5.41, 5.74) is 0.409. The number of hydrogen-bond donors (Lipinski definition) is 0. The minimum absolute atomic E-state index is 0.0180. The van der Waals surface area contributed by atoms with Crippen LogP contribution >= 0.6 is 23.2 Å². The Labute approximate surface area is 153 Å². The monoisotopic (exact) mass is 392 g/mol. The third kappa shape index (κ3) is 5.01. The van der Waals surface area contributed by atoms with Crippen LogP contribution in [-0.2, 0) is 14.8 Å². The van der Waals surface area contributed by atoms with E-state index in [1.807, 2.05) is 4.90 Å². The predicted molar refractivity (Wildman–Crippen MR) is 98.2 cm³/mol. The maximum Gasteiger partial charge on any atom is 0.232 e. The Kier molecular flexibility index (Phi) is 6.39. The van der Waals surface area contributed by atoms with Crippen LogP contribution in [0.25, 0.3) is 0 Å². The van der Waals surface area contributed by atoms with Gasteiger partial charge >= 0.3 is 0 Å². The highest BCUT2D eigenvalue weighted by atomic mass is 35.5. The lowest BCUT2D eigenvalue weighted by atomic mass is 9.99. The third-order valence-electron chi connectivity index (χ3n) is 4.26. The number of amides is 1. The Hall–Kier alpha value is -0.980. The molecule has 1 saturated heterocycles. The van der Waals surface area contributed by atoms with Crippen LogP contribution < -0.4 is 4.31 Å². The molecule has 1 aliphatic heterocycles. The van der Waals surface area contributed by atoms with E-state index in [2.05, 4.69) is 6.92 Å². The molecular weight excluding hydrogens is 371 g/mol. The average Bonchev–Trinajstić information content (AvgIpc) is 2.50. The molecule has 8 heteroatoms. The number of carbonyl (C=O) groups excluding carboxylic acids is 1. The quantitative estimate of drug-likeness (QED) is 0.771. The Balaban J connectivity index is 2.07. The van der Waals surface area contributed by atoms with Gasteiger partial charge < -0.3 is 4.90 Å². The molecule has 24 heavy (non-hydrogen) atoms. The molecule has 0 bridgehead atoms. The van der Waals surface area contributed by atoms with Crippen LogP contribution in [0.3, 0.4) is 0 Å². The standard InChI is InChI=1S/C16H22Cl2N2O3S/c1-12-5-8-19(9-6-12)16(21)7-10-20(24(2,22)23)13-3-4-14(17)15(18)11-13/h3-4,11-12H,5-10H2,1-2H3. The third-order valence-corrected chi connectivity index (χ3v) is 6.19. The molecule has 0 atom stereocenters. The van der Waals surface area contributed by atoms with Gasteiger partial charge in [-0.2, -0.15) is 0 Å². The SMILES string of the molecule is CC1CCN(C(=O)CCN(c2ccc(Cl)c(Cl)c2)S(C)(=O)=O)CC1. The first-order valence-corrected chi connectivity index (χ1v) is 10.5. The van der Waals surface area contributed by atoms with Gasteiger partial charge in [0.25, 0.3) is 0 Å². The van der Waals surface area contributed by atoms with Gasteiger partial charge in [-0.25, -0.2) is 8.42 Å². The van der Waals surface area contributed by atoms with E-state index in [4.69, 9.17) is 23.2 Å². The number of halogens is 2. The van der Waals surface area contributed by atoms with E-state index in [1.165, 1.54) is 10.4 Å². The van der Waals surface area contributed by atoms with E-state index in [-0.39, 0.29) is 23.9 Å². The summed E-state index contributed by atoms with van der Waals surface area (Å²) in [5, 5.41) is 0.631.